The quantitative estimate of drug-likeness (QED) is 0.568. The molecule has 3 aliphatic carbocycles. The fraction of sp³-hybridized carbons (Fsp3) is 0.857. The van der Waals surface area contributed by atoms with Gasteiger partial charge in [-0.2, -0.15) is 0 Å². The Morgan fingerprint density at radius 1 is 1.43 bits per heavy atom. The number of rotatable bonds is 2. The smallest absolute Gasteiger partial charge is 0.0146 e. The third-order valence-corrected chi connectivity index (χ3v) is 4.55. The van der Waals surface area contributed by atoms with Crippen LogP contribution in [0, 0.1) is 23.2 Å². The van der Waals surface area contributed by atoms with Crippen molar-refractivity contribution in [3.63, 3.8) is 0 Å². The van der Waals surface area contributed by atoms with Gasteiger partial charge in [0.05, 0.1) is 0 Å². The van der Waals surface area contributed by atoms with Crippen molar-refractivity contribution in [2.45, 2.75) is 53.4 Å². The van der Waals surface area contributed by atoms with E-state index in [1.54, 1.807) is 5.57 Å². The average Bonchev–Trinajstić information content (AvgIpc) is 2.14. The van der Waals surface area contributed by atoms with Crippen molar-refractivity contribution in [2.24, 2.45) is 23.2 Å². The molecule has 0 aromatic heterocycles. The molecule has 14 heavy (non-hydrogen) atoms. The van der Waals surface area contributed by atoms with Gasteiger partial charge in [0, 0.05) is 0 Å². The summed E-state index contributed by atoms with van der Waals surface area (Å²) in [5.74, 6) is 2.78. The summed E-state index contributed by atoms with van der Waals surface area (Å²) in [4.78, 5) is 0. The van der Waals surface area contributed by atoms with E-state index >= 15 is 0 Å². The van der Waals surface area contributed by atoms with Gasteiger partial charge in [0.15, 0.2) is 0 Å². The lowest BCUT2D eigenvalue weighted by molar-refractivity contribution is -0.0280. The summed E-state index contributed by atoms with van der Waals surface area (Å²) >= 11 is 0. The largest absolute Gasteiger partial charge is 0.0848 e. The molecule has 3 fully saturated rings. The molecule has 80 valence electrons. The Morgan fingerprint density at radius 2 is 2.14 bits per heavy atom. The molecule has 0 nitrogen and oxygen atoms in total. The van der Waals surface area contributed by atoms with Gasteiger partial charge in [0.1, 0.15) is 0 Å². The van der Waals surface area contributed by atoms with Crippen molar-refractivity contribution in [1.29, 1.82) is 0 Å². The van der Waals surface area contributed by atoms with Gasteiger partial charge in [-0.25, -0.2) is 0 Å². The van der Waals surface area contributed by atoms with E-state index < -0.39 is 0 Å². The minimum absolute atomic E-state index is 0.626. The molecular formula is C14H24. The molecule has 0 N–H and O–H groups in total. The fourth-order valence-corrected chi connectivity index (χ4v) is 3.28. The van der Waals surface area contributed by atoms with Crippen LogP contribution in [0.3, 0.4) is 0 Å². The maximum absolute atomic E-state index is 2.55. The molecule has 0 heteroatoms. The highest BCUT2D eigenvalue weighted by atomic mass is 14.6. The standard InChI is InChI=1S/C14H24/c1-10(2)5-6-11-7-8-12-9-13(11)14(12,3)4/h6,10,12-13H,5,7-9H2,1-4H3/b11-6+/t12-,13-/m0/s1. The first-order valence-electron chi connectivity index (χ1n) is 6.20. The second-order valence-corrected chi connectivity index (χ2v) is 6.25. The highest BCUT2D eigenvalue weighted by Crippen LogP contribution is 2.61. The van der Waals surface area contributed by atoms with Crippen LogP contribution in [0.1, 0.15) is 53.4 Å². The van der Waals surface area contributed by atoms with Crippen LogP contribution in [-0.2, 0) is 0 Å². The maximum atomic E-state index is 2.55. The third kappa shape index (κ3) is 1.53. The van der Waals surface area contributed by atoms with Crippen molar-refractivity contribution < 1.29 is 0 Å². The Morgan fingerprint density at radius 3 is 2.64 bits per heavy atom. The molecule has 0 aliphatic heterocycles. The molecule has 0 spiro atoms. The van der Waals surface area contributed by atoms with E-state index in [2.05, 4.69) is 33.8 Å². The Hall–Kier alpha value is -0.260. The summed E-state index contributed by atoms with van der Waals surface area (Å²) in [6.07, 6.45) is 8.16. The lowest BCUT2D eigenvalue weighted by Crippen LogP contribution is -2.49. The summed E-state index contributed by atoms with van der Waals surface area (Å²) in [6, 6.07) is 0. The summed E-state index contributed by atoms with van der Waals surface area (Å²) in [7, 11) is 0. The second kappa shape index (κ2) is 3.40. The monoisotopic (exact) mass is 192 g/mol. The molecule has 2 bridgehead atoms. The van der Waals surface area contributed by atoms with Crippen LogP contribution in [0.15, 0.2) is 11.6 Å². The zero-order valence-electron chi connectivity index (χ0n) is 10.1. The first kappa shape index (κ1) is 10.3. The van der Waals surface area contributed by atoms with Crippen LogP contribution >= 0.6 is 0 Å². The van der Waals surface area contributed by atoms with Gasteiger partial charge in [-0.3, -0.25) is 0 Å². The van der Waals surface area contributed by atoms with E-state index in [1.807, 2.05) is 0 Å². The average molecular weight is 192 g/mol. The van der Waals surface area contributed by atoms with Gasteiger partial charge in [-0.1, -0.05) is 39.3 Å². The summed E-state index contributed by atoms with van der Waals surface area (Å²) in [5.41, 5.74) is 2.41. The molecule has 0 saturated heterocycles. The molecule has 0 unspecified atom stereocenters. The summed E-state index contributed by atoms with van der Waals surface area (Å²) in [6.45, 7) is 9.56. The molecule has 0 heterocycles. The molecule has 2 atom stereocenters. The van der Waals surface area contributed by atoms with E-state index in [0.717, 1.165) is 17.8 Å². The first-order chi connectivity index (χ1) is 6.51. The van der Waals surface area contributed by atoms with E-state index in [-0.39, 0.29) is 0 Å². The van der Waals surface area contributed by atoms with Crippen LogP contribution in [0.2, 0.25) is 0 Å². The first-order valence-corrected chi connectivity index (χ1v) is 6.20. The van der Waals surface area contributed by atoms with Crippen LogP contribution < -0.4 is 0 Å². The van der Waals surface area contributed by atoms with Crippen molar-refractivity contribution in [3.05, 3.63) is 11.6 Å². The number of fused-ring (bicyclic) bond motifs is 2. The van der Waals surface area contributed by atoms with Gasteiger partial charge in [0.2, 0.25) is 0 Å². The van der Waals surface area contributed by atoms with E-state index in [0.29, 0.717) is 5.41 Å². The number of hydrogen-bond donors (Lipinski definition) is 0. The molecule has 0 aromatic rings. The Labute approximate surface area is 88.8 Å². The summed E-state index contributed by atoms with van der Waals surface area (Å²) < 4.78 is 0. The van der Waals surface area contributed by atoms with E-state index in [4.69, 9.17) is 0 Å². The predicted octanol–water partition coefficient (Wildman–Crippen LogP) is 4.42. The highest BCUT2D eigenvalue weighted by molar-refractivity contribution is 5.21. The normalized spacial score (nSPS) is 37.4. The Kier molecular flexibility index (Phi) is 2.49. The van der Waals surface area contributed by atoms with Crippen LogP contribution in [0.4, 0.5) is 0 Å². The van der Waals surface area contributed by atoms with Gasteiger partial charge in [0.25, 0.3) is 0 Å². The van der Waals surface area contributed by atoms with Gasteiger partial charge in [-0.05, 0) is 48.9 Å². The number of allylic oxidation sites excluding steroid dienone is 2. The Bertz CT molecular complexity index is 243. The third-order valence-electron chi connectivity index (χ3n) is 4.55. The van der Waals surface area contributed by atoms with Crippen molar-refractivity contribution in [1.82, 2.24) is 0 Å². The maximum Gasteiger partial charge on any atom is -0.0146 e. The summed E-state index contributed by atoms with van der Waals surface area (Å²) in [5, 5.41) is 0. The van der Waals surface area contributed by atoms with Crippen molar-refractivity contribution in [2.75, 3.05) is 0 Å². The van der Waals surface area contributed by atoms with Gasteiger partial charge in [-0.15, -0.1) is 0 Å². The Balaban J connectivity index is 2.04. The zero-order valence-corrected chi connectivity index (χ0v) is 10.1. The molecule has 0 radical (unpaired) electrons. The molecule has 3 rings (SSSR count). The van der Waals surface area contributed by atoms with Crippen molar-refractivity contribution in [3.8, 4) is 0 Å². The topological polar surface area (TPSA) is 0 Å². The van der Waals surface area contributed by atoms with E-state index in [1.165, 1.54) is 25.7 Å². The molecule has 0 aromatic carbocycles. The van der Waals surface area contributed by atoms with Crippen LogP contribution in [-0.4, -0.2) is 0 Å². The zero-order chi connectivity index (χ0) is 10.3. The van der Waals surface area contributed by atoms with Crippen LogP contribution in [0.25, 0.3) is 0 Å². The number of hydrogen-bond acceptors (Lipinski definition) is 0. The fourth-order valence-electron chi connectivity index (χ4n) is 3.28. The lowest BCUT2D eigenvalue weighted by atomic mass is 9.47. The minimum Gasteiger partial charge on any atom is -0.0848 e. The minimum atomic E-state index is 0.626. The highest BCUT2D eigenvalue weighted by Gasteiger charge is 2.51. The molecule has 0 amide bonds. The van der Waals surface area contributed by atoms with Gasteiger partial charge < -0.3 is 0 Å². The predicted molar refractivity (Wildman–Crippen MR) is 62.2 cm³/mol. The molecular weight excluding hydrogens is 168 g/mol. The van der Waals surface area contributed by atoms with Gasteiger partial charge >= 0.3 is 0 Å². The lowest BCUT2D eigenvalue weighted by Gasteiger charge is -2.58. The molecule has 3 saturated carbocycles. The molecule has 3 aliphatic rings. The van der Waals surface area contributed by atoms with Crippen molar-refractivity contribution >= 4 is 0 Å². The second-order valence-electron chi connectivity index (χ2n) is 6.25. The van der Waals surface area contributed by atoms with Crippen LogP contribution in [0.5, 0.6) is 0 Å². The van der Waals surface area contributed by atoms with E-state index in [9.17, 15) is 0 Å². The SMILES string of the molecule is CC(C)C/C=C1\CC[C@H]2C[C@@H]1C2(C)C.